The van der Waals surface area contributed by atoms with Gasteiger partial charge in [0.25, 0.3) is 0 Å². The fraction of sp³-hybridized carbons (Fsp3) is 0.375. The van der Waals surface area contributed by atoms with Crippen LogP contribution in [0.15, 0.2) is 24.4 Å². The average Bonchev–Trinajstić information content (AvgIpc) is 3.17. The highest BCUT2D eigenvalue weighted by atomic mass is 32.1. The molecule has 128 valence electrons. The van der Waals surface area contributed by atoms with E-state index in [9.17, 15) is 5.11 Å². The molecule has 7 nitrogen and oxygen atoms in total. The molecule has 1 aromatic carbocycles. The van der Waals surface area contributed by atoms with Crippen molar-refractivity contribution in [3.8, 4) is 22.8 Å². The first kappa shape index (κ1) is 16.5. The third-order valence-electron chi connectivity index (χ3n) is 3.76. The maximum Gasteiger partial charge on any atom is 0.214 e. The number of ether oxygens (including phenoxy) is 2. The van der Waals surface area contributed by atoms with Gasteiger partial charge in [-0.2, -0.15) is 0 Å². The standard InChI is InChI=1S/C16H20N4O3S/c1-4-11(9-21)17-15-19-20-8-12(18-16(20)24-15)10-5-6-13(22-2)14(7-10)23-3/h5-8,11,21H,4,9H2,1-3H3,(H,17,19). The molecule has 0 saturated carbocycles. The minimum Gasteiger partial charge on any atom is -0.493 e. The number of anilines is 1. The Balaban J connectivity index is 1.88. The largest absolute Gasteiger partial charge is 0.493 e. The monoisotopic (exact) mass is 348 g/mol. The Kier molecular flexibility index (Phi) is 4.86. The number of aromatic nitrogens is 3. The second kappa shape index (κ2) is 7.06. The van der Waals surface area contributed by atoms with Gasteiger partial charge in [-0.15, -0.1) is 5.10 Å². The number of aliphatic hydroxyl groups excluding tert-OH is 1. The first-order valence-corrected chi connectivity index (χ1v) is 8.46. The summed E-state index contributed by atoms with van der Waals surface area (Å²) >= 11 is 1.45. The lowest BCUT2D eigenvalue weighted by molar-refractivity contribution is 0.271. The van der Waals surface area contributed by atoms with E-state index in [0.29, 0.717) is 11.5 Å². The number of fused-ring (bicyclic) bond motifs is 1. The Morgan fingerprint density at radius 1 is 1.29 bits per heavy atom. The molecule has 8 heteroatoms. The van der Waals surface area contributed by atoms with Crippen LogP contribution in [0.2, 0.25) is 0 Å². The Hall–Kier alpha value is -2.32. The molecule has 0 saturated heterocycles. The van der Waals surface area contributed by atoms with Crippen molar-refractivity contribution >= 4 is 21.4 Å². The Labute approximate surface area is 143 Å². The number of hydrogen-bond donors (Lipinski definition) is 2. The van der Waals surface area contributed by atoms with Crippen LogP contribution >= 0.6 is 11.3 Å². The molecule has 1 atom stereocenters. The minimum atomic E-state index is 0.00572. The Bertz CT molecular complexity index is 794. The van der Waals surface area contributed by atoms with Crippen LogP contribution < -0.4 is 14.8 Å². The van der Waals surface area contributed by atoms with Gasteiger partial charge in [-0.25, -0.2) is 9.50 Å². The van der Waals surface area contributed by atoms with E-state index in [1.807, 2.05) is 31.3 Å². The van der Waals surface area contributed by atoms with Crippen molar-refractivity contribution in [2.45, 2.75) is 19.4 Å². The number of benzene rings is 1. The quantitative estimate of drug-likeness (QED) is 0.683. The highest BCUT2D eigenvalue weighted by Gasteiger charge is 2.13. The molecular weight excluding hydrogens is 328 g/mol. The van der Waals surface area contributed by atoms with Crippen LogP contribution in [0.4, 0.5) is 5.13 Å². The summed E-state index contributed by atoms with van der Waals surface area (Å²) < 4.78 is 12.3. The zero-order chi connectivity index (χ0) is 17.1. The fourth-order valence-corrected chi connectivity index (χ4v) is 3.20. The van der Waals surface area contributed by atoms with Crippen LogP contribution in [-0.4, -0.2) is 46.6 Å². The lowest BCUT2D eigenvalue weighted by atomic mass is 10.1. The van der Waals surface area contributed by atoms with Gasteiger partial charge in [-0.05, 0) is 24.6 Å². The first-order valence-electron chi connectivity index (χ1n) is 7.64. The smallest absolute Gasteiger partial charge is 0.214 e. The molecule has 0 spiro atoms. The second-order valence-electron chi connectivity index (χ2n) is 5.26. The number of hydrogen-bond acceptors (Lipinski definition) is 7. The molecule has 1 unspecified atom stereocenters. The lowest BCUT2D eigenvalue weighted by Crippen LogP contribution is -2.22. The van der Waals surface area contributed by atoms with E-state index in [1.165, 1.54) is 11.3 Å². The summed E-state index contributed by atoms with van der Waals surface area (Å²) in [6.07, 6.45) is 2.70. The maximum atomic E-state index is 9.27. The third kappa shape index (κ3) is 3.15. The third-order valence-corrected chi connectivity index (χ3v) is 4.62. The molecule has 24 heavy (non-hydrogen) atoms. The van der Waals surface area contributed by atoms with Gasteiger partial charge in [0.1, 0.15) is 0 Å². The fourth-order valence-electron chi connectivity index (χ4n) is 2.34. The van der Waals surface area contributed by atoms with Crippen molar-refractivity contribution in [3.63, 3.8) is 0 Å². The van der Waals surface area contributed by atoms with Crippen LogP contribution in [-0.2, 0) is 0 Å². The Morgan fingerprint density at radius 2 is 2.08 bits per heavy atom. The zero-order valence-electron chi connectivity index (χ0n) is 13.8. The van der Waals surface area contributed by atoms with Gasteiger partial charge in [0.15, 0.2) is 11.5 Å². The number of methoxy groups -OCH3 is 2. The van der Waals surface area contributed by atoms with E-state index >= 15 is 0 Å². The van der Waals surface area contributed by atoms with E-state index in [0.717, 1.165) is 27.8 Å². The van der Waals surface area contributed by atoms with Gasteiger partial charge in [0.2, 0.25) is 10.1 Å². The van der Waals surface area contributed by atoms with E-state index in [4.69, 9.17) is 9.47 Å². The van der Waals surface area contributed by atoms with E-state index in [2.05, 4.69) is 15.4 Å². The molecule has 2 N–H and O–H groups in total. The molecule has 0 bridgehead atoms. The number of nitrogens with one attached hydrogen (secondary N) is 1. The Morgan fingerprint density at radius 3 is 2.71 bits per heavy atom. The minimum absolute atomic E-state index is 0.00572. The SMILES string of the molecule is CCC(CO)Nc1nn2cc(-c3ccc(OC)c(OC)c3)nc2s1. The van der Waals surface area contributed by atoms with Crippen molar-refractivity contribution in [2.24, 2.45) is 0 Å². The summed E-state index contributed by atoms with van der Waals surface area (Å²) in [7, 11) is 3.22. The predicted octanol–water partition coefficient (Wildman–Crippen LogP) is 2.66. The van der Waals surface area contributed by atoms with Gasteiger partial charge < -0.3 is 19.9 Å². The van der Waals surface area contributed by atoms with Crippen LogP contribution in [0.5, 0.6) is 11.5 Å². The van der Waals surface area contributed by atoms with Crippen molar-refractivity contribution in [2.75, 3.05) is 26.1 Å². The van der Waals surface area contributed by atoms with Crippen LogP contribution in [0.25, 0.3) is 16.2 Å². The topological polar surface area (TPSA) is 80.9 Å². The van der Waals surface area contributed by atoms with Crippen LogP contribution in [0, 0.1) is 0 Å². The first-order chi connectivity index (χ1) is 11.7. The number of imidazole rings is 1. The molecule has 0 fully saturated rings. The van der Waals surface area contributed by atoms with Crippen molar-refractivity contribution in [3.05, 3.63) is 24.4 Å². The molecule has 2 heterocycles. The van der Waals surface area contributed by atoms with Gasteiger partial charge in [0.05, 0.1) is 38.8 Å². The molecule has 2 aromatic heterocycles. The summed E-state index contributed by atoms with van der Waals surface area (Å²) in [5, 5.41) is 17.7. The molecule has 0 aliphatic carbocycles. The van der Waals surface area contributed by atoms with Crippen molar-refractivity contribution in [1.82, 2.24) is 14.6 Å². The molecule has 0 amide bonds. The number of aliphatic hydroxyl groups is 1. The number of nitrogens with zero attached hydrogens (tertiary/aromatic N) is 3. The second-order valence-corrected chi connectivity index (χ2v) is 6.22. The molecule has 3 rings (SSSR count). The van der Waals surface area contributed by atoms with Crippen LogP contribution in [0.3, 0.4) is 0 Å². The summed E-state index contributed by atoms with van der Waals surface area (Å²) in [6.45, 7) is 2.09. The van der Waals surface area contributed by atoms with E-state index in [-0.39, 0.29) is 12.6 Å². The highest BCUT2D eigenvalue weighted by Crippen LogP contribution is 2.32. The molecular formula is C16H20N4O3S. The summed E-state index contributed by atoms with van der Waals surface area (Å²) in [4.78, 5) is 5.40. The lowest BCUT2D eigenvalue weighted by Gasteiger charge is -2.11. The molecule has 3 aromatic rings. The van der Waals surface area contributed by atoms with Gasteiger partial charge in [0, 0.05) is 5.56 Å². The van der Waals surface area contributed by atoms with Crippen LogP contribution in [0.1, 0.15) is 13.3 Å². The normalized spacial score (nSPS) is 12.3. The maximum absolute atomic E-state index is 9.27. The molecule has 0 radical (unpaired) electrons. The zero-order valence-corrected chi connectivity index (χ0v) is 14.6. The molecule has 0 aliphatic heterocycles. The van der Waals surface area contributed by atoms with Gasteiger partial charge in [-0.1, -0.05) is 18.3 Å². The summed E-state index contributed by atoms with van der Waals surface area (Å²) in [6, 6.07) is 5.69. The van der Waals surface area contributed by atoms with E-state index < -0.39 is 0 Å². The molecule has 0 aliphatic rings. The van der Waals surface area contributed by atoms with Crippen molar-refractivity contribution < 1.29 is 14.6 Å². The summed E-state index contributed by atoms with van der Waals surface area (Å²) in [5.74, 6) is 1.34. The van der Waals surface area contributed by atoms with Gasteiger partial charge >= 0.3 is 0 Å². The summed E-state index contributed by atoms with van der Waals surface area (Å²) in [5.41, 5.74) is 1.75. The average molecular weight is 348 g/mol. The van der Waals surface area contributed by atoms with E-state index in [1.54, 1.807) is 18.7 Å². The predicted molar refractivity (Wildman–Crippen MR) is 94.2 cm³/mol. The highest BCUT2D eigenvalue weighted by molar-refractivity contribution is 7.20. The number of rotatable bonds is 7. The van der Waals surface area contributed by atoms with Crippen molar-refractivity contribution in [1.29, 1.82) is 0 Å². The van der Waals surface area contributed by atoms with Gasteiger partial charge in [-0.3, -0.25) is 0 Å².